The maximum absolute atomic E-state index is 15.8. The van der Waals surface area contributed by atoms with Crippen LogP contribution in [0.2, 0.25) is 0 Å². The summed E-state index contributed by atoms with van der Waals surface area (Å²) in [6, 6.07) is 58.0. The minimum Gasteiger partial charge on any atom is -0.309 e. The van der Waals surface area contributed by atoms with Crippen molar-refractivity contribution in [2.24, 2.45) is 0 Å². The molecule has 0 radical (unpaired) electrons. The number of hydrogen-bond donors (Lipinski definition) is 0. The molecule has 7 aromatic carbocycles. The van der Waals surface area contributed by atoms with Crippen molar-refractivity contribution in [3.63, 3.8) is 0 Å². The Morgan fingerprint density at radius 3 is 1.92 bits per heavy atom. The van der Waals surface area contributed by atoms with E-state index in [1.807, 2.05) is 78.9 Å². The average Bonchev–Trinajstić information content (AvgIpc) is 3.65. The normalized spacial score (nSPS) is 15.1. The van der Waals surface area contributed by atoms with E-state index in [4.69, 9.17) is 9.97 Å². The quantitative estimate of drug-likeness (QED) is 0.179. The highest BCUT2D eigenvalue weighted by atomic mass is 31.2. The van der Waals surface area contributed by atoms with Crippen LogP contribution in [0, 0.1) is 0 Å². The van der Waals surface area contributed by atoms with Crippen LogP contribution in [-0.2, 0) is 4.57 Å². The fraction of sp³-hybridized carbons (Fsp3) is 0. The van der Waals surface area contributed by atoms with Crippen LogP contribution in [-0.4, -0.2) is 14.5 Å². The summed E-state index contributed by atoms with van der Waals surface area (Å²) < 4.78 is 17.9. The van der Waals surface area contributed by atoms with Gasteiger partial charge in [-0.15, -0.1) is 0 Å². The summed E-state index contributed by atoms with van der Waals surface area (Å²) >= 11 is 0. The van der Waals surface area contributed by atoms with Gasteiger partial charge in [0.1, 0.15) is 0 Å². The van der Waals surface area contributed by atoms with Crippen LogP contribution >= 0.6 is 7.14 Å². The number of aromatic nitrogens is 3. The third kappa shape index (κ3) is 4.08. The molecule has 0 aliphatic carbocycles. The Bertz CT molecular complexity index is 2790. The van der Waals surface area contributed by atoms with Gasteiger partial charge in [-0.05, 0) is 40.5 Å². The zero-order chi connectivity index (χ0) is 32.5. The Morgan fingerprint density at radius 2 is 1.10 bits per heavy atom. The van der Waals surface area contributed by atoms with Crippen LogP contribution in [0.15, 0.2) is 170 Å². The highest BCUT2D eigenvalue weighted by Gasteiger charge is 2.42. The van der Waals surface area contributed by atoms with E-state index in [1.54, 1.807) is 0 Å². The van der Waals surface area contributed by atoms with Crippen LogP contribution in [0.5, 0.6) is 0 Å². The minimum atomic E-state index is -3.21. The van der Waals surface area contributed by atoms with E-state index in [1.165, 1.54) is 5.56 Å². The van der Waals surface area contributed by atoms with Crippen LogP contribution in [0.1, 0.15) is 0 Å². The molecule has 2 aromatic heterocycles. The van der Waals surface area contributed by atoms with Crippen molar-refractivity contribution in [3.8, 4) is 39.5 Å². The van der Waals surface area contributed by atoms with Crippen LogP contribution < -0.4 is 15.9 Å². The van der Waals surface area contributed by atoms with Gasteiger partial charge in [-0.2, -0.15) is 0 Å². The van der Waals surface area contributed by atoms with Gasteiger partial charge in [-0.1, -0.05) is 152 Å². The summed E-state index contributed by atoms with van der Waals surface area (Å²) in [5.41, 5.74) is 9.05. The highest BCUT2D eigenvalue weighted by molar-refractivity contribution is 7.86. The number of nitrogens with zero attached hydrogens (tertiary/aromatic N) is 3. The van der Waals surface area contributed by atoms with E-state index in [9.17, 15) is 0 Å². The Balaban J connectivity index is 1.26. The van der Waals surface area contributed by atoms with Gasteiger partial charge in [-0.25, -0.2) is 9.97 Å². The molecule has 0 amide bonds. The molecule has 4 nitrogen and oxygen atoms in total. The molecule has 0 N–H and O–H groups in total. The molecule has 1 aliphatic rings. The van der Waals surface area contributed by atoms with Crippen molar-refractivity contribution in [1.82, 2.24) is 14.5 Å². The monoisotopic (exact) mass is 645 g/mol. The lowest BCUT2D eigenvalue weighted by Gasteiger charge is -2.17. The molecule has 1 aliphatic heterocycles. The summed E-state index contributed by atoms with van der Waals surface area (Å²) in [5, 5.41) is 5.64. The van der Waals surface area contributed by atoms with Gasteiger partial charge in [-0.3, -0.25) is 4.57 Å². The molecule has 230 valence electrons. The van der Waals surface area contributed by atoms with Crippen LogP contribution in [0.25, 0.3) is 72.2 Å². The van der Waals surface area contributed by atoms with Gasteiger partial charge in [0.15, 0.2) is 7.14 Å². The summed E-state index contributed by atoms with van der Waals surface area (Å²) in [6.45, 7) is 0. The van der Waals surface area contributed by atoms with E-state index in [0.717, 1.165) is 76.6 Å². The molecular formula is C44H28N3OP. The molecule has 1 atom stereocenters. The molecule has 3 heterocycles. The van der Waals surface area contributed by atoms with Gasteiger partial charge in [0.2, 0.25) is 5.95 Å². The first kappa shape index (κ1) is 28.0. The first-order chi connectivity index (χ1) is 24.2. The summed E-state index contributed by atoms with van der Waals surface area (Å²) in [7, 11) is -3.21. The number of hydrogen-bond acceptors (Lipinski definition) is 3. The van der Waals surface area contributed by atoms with E-state index in [0.29, 0.717) is 5.95 Å². The maximum Gasteiger partial charge on any atom is 0.235 e. The SMILES string of the molecule is O=P1(c2ccccc2)c2ccccc2-c2ccc3c(c21)c1ccccc1n3-c1nc(-c2ccc(-c3ccccc3)cc2)c2ccccc2n1. The number of para-hydroxylation sites is 2. The van der Waals surface area contributed by atoms with Gasteiger partial charge in [0, 0.05) is 37.6 Å². The van der Waals surface area contributed by atoms with Gasteiger partial charge in [0.25, 0.3) is 0 Å². The molecule has 5 heteroatoms. The standard InChI is InChI=1S/C44H28N3OP/c48-49(32-15-5-2-6-16-32)40-22-12-9-17-33(40)34-27-28-39-41(43(34)49)36-19-8-11-21-38(36)47(39)44-45-37-20-10-7-18-35(37)42(46-44)31-25-23-30(24-26-31)29-13-3-1-4-14-29/h1-28H. The molecule has 10 rings (SSSR count). The molecule has 0 bridgehead atoms. The summed E-state index contributed by atoms with van der Waals surface area (Å²) in [6.07, 6.45) is 0. The lowest BCUT2D eigenvalue weighted by Crippen LogP contribution is -2.21. The van der Waals surface area contributed by atoms with Crippen molar-refractivity contribution < 1.29 is 4.57 Å². The third-order valence-corrected chi connectivity index (χ3v) is 13.0. The smallest absolute Gasteiger partial charge is 0.235 e. The van der Waals surface area contributed by atoms with Gasteiger partial charge >= 0.3 is 0 Å². The number of fused-ring (bicyclic) bond motifs is 8. The lowest BCUT2D eigenvalue weighted by atomic mass is 10.0. The Kier molecular flexibility index (Phi) is 6.12. The summed E-state index contributed by atoms with van der Waals surface area (Å²) in [4.78, 5) is 10.5. The van der Waals surface area contributed by atoms with Crippen molar-refractivity contribution in [3.05, 3.63) is 170 Å². The van der Waals surface area contributed by atoms with Crippen LogP contribution in [0.4, 0.5) is 0 Å². The predicted molar refractivity (Wildman–Crippen MR) is 203 cm³/mol. The first-order valence-electron chi connectivity index (χ1n) is 16.5. The summed E-state index contributed by atoms with van der Waals surface area (Å²) in [5.74, 6) is 0.581. The van der Waals surface area contributed by atoms with Crippen molar-refractivity contribution in [2.75, 3.05) is 0 Å². The zero-order valence-electron chi connectivity index (χ0n) is 26.4. The molecule has 0 spiro atoms. The Labute approximate surface area is 283 Å². The predicted octanol–water partition coefficient (Wildman–Crippen LogP) is 9.68. The molecule has 0 saturated heterocycles. The van der Waals surface area contributed by atoms with Gasteiger partial charge in [0.05, 0.1) is 22.2 Å². The van der Waals surface area contributed by atoms with Crippen molar-refractivity contribution in [1.29, 1.82) is 0 Å². The minimum absolute atomic E-state index is 0.581. The van der Waals surface area contributed by atoms with Gasteiger partial charge < -0.3 is 4.57 Å². The fourth-order valence-electron chi connectivity index (χ4n) is 7.64. The Morgan fingerprint density at radius 1 is 0.469 bits per heavy atom. The van der Waals surface area contributed by atoms with Crippen molar-refractivity contribution >= 4 is 55.8 Å². The van der Waals surface area contributed by atoms with E-state index < -0.39 is 7.14 Å². The van der Waals surface area contributed by atoms with E-state index in [-0.39, 0.29) is 0 Å². The highest BCUT2D eigenvalue weighted by Crippen LogP contribution is 2.55. The second kappa shape index (κ2) is 10.7. The van der Waals surface area contributed by atoms with Crippen molar-refractivity contribution in [2.45, 2.75) is 0 Å². The average molecular weight is 646 g/mol. The molecule has 9 aromatic rings. The first-order valence-corrected chi connectivity index (χ1v) is 18.2. The zero-order valence-corrected chi connectivity index (χ0v) is 27.3. The molecule has 1 unspecified atom stereocenters. The largest absolute Gasteiger partial charge is 0.309 e. The van der Waals surface area contributed by atoms with E-state index >= 15 is 4.57 Å². The second-order valence-corrected chi connectivity index (χ2v) is 15.2. The second-order valence-electron chi connectivity index (χ2n) is 12.5. The number of rotatable bonds is 4. The molecule has 49 heavy (non-hydrogen) atoms. The Hall–Kier alpha value is -6.09. The van der Waals surface area contributed by atoms with Crippen LogP contribution in [0.3, 0.4) is 0 Å². The van der Waals surface area contributed by atoms with E-state index in [2.05, 4.69) is 95.6 Å². The topological polar surface area (TPSA) is 47.8 Å². The fourth-order valence-corrected chi connectivity index (χ4v) is 10.9. The lowest BCUT2D eigenvalue weighted by molar-refractivity contribution is 0.593. The maximum atomic E-state index is 15.8. The molecular weight excluding hydrogens is 617 g/mol. The number of benzene rings is 7. The molecule has 0 fully saturated rings. The third-order valence-electron chi connectivity index (χ3n) is 9.84. The molecule has 0 saturated carbocycles.